The number of rotatable bonds is 4. The second-order valence-corrected chi connectivity index (χ2v) is 7.40. The third-order valence-corrected chi connectivity index (χ3v) is 5.66. The van der Waals surface area contributed by atoms with Crippen LogP contribution in [-0.4, -0.2) is 62.8 Å². The Morgan fingerprint density at radius 2 is 2.08 bits per heavy atom. The largest absolute Gasteiger partial charge is 0.368 e. The molecule has 1 amide bonds. The summed E-state index contributed by atoms with van der Waals surface area (Å²) in [5.74, 6) is 0.159. The maximum Gasteiger partial charge on any atom is 0.256 e. The van der Waals surface area contributed by atoms with Gasteiger partial charge in [-0.3, -0.25) is 4.79 Å². The molecule has 5 heteroatoms. The number of hydrogen-bond donors (Lipinski definition) is 1. The maximum absolute atomic E-state index is 12.8. The van der Waals surface area contributed by atoms with Gasteiger partial charge in [0.1, 0.15) is 6.10 Å². The number of anilines is 1. The van der Waals surface area contributed by atoms with E-state index in [1.807, 2.05) is 4.90 Å². The summed E-state index contributed by atoms with van der Waals surface area (Å²) in [6.45, 7) is 7.17. The van der Waals surface area contributed by atoms with Crippen LogP contribution in [0.2, 0.25) is 0 Å². The molecule has 3 heterocycles. The molecule has 0 saturated carbocycles. The number of aryl methyl sites for hydroxylation is 1. The van der Waals surface area contributed by atoms with Gasteiger partial charge in [0.2, 0.25) is 0 Å². The van der Waals surface area contributed by atoms with E-state index >= 15 is 0 Å². The summed E-state index contributed by atoms with van der Waals surface area (Å²) in [6.07, 6.45) is 4.86. The van der Waals surface area contributed by atoms with Crippen molar-refractivity contribution in [1.29, 1.82) is 0 Å². The van der Waals surface area contributed by atoms with Crippen LogP contribution in [0.4, 0.5) is 5.69 Å². The third-order valence-electron chi connectivity index (χ3n) is 5.66. The number of benzene rings is 1. The molecule has 1 unspecified atom stereocenters. The molecule has 1 aromatic carbocycles. The average molecular weight is 343 g/mol. The molecular formula is C20H29N3O2. The first kappa shape index (κ1) is 17.0. The Morgan fingerprint density at radius 1 is 1.20 bits per heavy atom. The summed E-state index contributed by atoms with van der Waals surface area (Å²) >= 11 is 0. The Morgan fingerprint density at radius 3 is 2.88 bits per heavy atom. The van der Waals surface area contributed by atoms with Crippen LogP contribution in [0.5, 0.6) is 0 Å². The van der Waals surface area contributed by atoms with E-state index in [4.69, 9.17) is 4.74 Å². The Kier molecular flexibility index (Phi) is 5.34. The zero-order valence-electron chi connectivity index (χ0n) is 15.0. The van der Waals surface area contributed by atoms with E-state index in [-0.39, 0.29) is 12.0 Å². The van der Waals surface area contributed by atoms with Crippen molar-refractivity contribution in [3.8, 4) is 0 Å². The molecule has 0 bridgehead atoms. The lowest BCUT2D eigenvalue weighted by Crippen LogP contribution is -2.44. The standard InChI is InChI=1S/C20H29N3O2/c24-20(19-4-2-14-25-19)23-10-1-3-17-15-16(5-6-18(17)23)7-11-22-12-8-21-9-13-22/h5-6,15,19,21H,1-4,7-14H2. The van der Waals surface area contributed by atoms with Crippen molar-refractivity contribution in [2.75, 3.05) is 50.8 Å². The third kappa shape index (κ3) is 3.89. The predicted molar refractivity (Wildman–Crippen MR) is 99.1 cm³/mol. The molecule has 2 fully saturated rings. The van der Waals surface area contributed by atoms with E-state index in [0.29, 0.717) is 0 Å². The highest BCUT2D eigenvalue weighted by atomic mass is 16.5. The molecule has 5 nitrogen and oxygen atoms in total. The molecule has 136 valence electrons. The highest BCUT2D eigenvalue weighted by molar-refractivity contribution is 5.97. The number of amides is 1. The van der Waals surface area contributed by atoms with Gasteiger partial charge in [-0.05, 0) is 49.3 Å². The van der Waals surface area contributed by atoms with Gasteiger partial charge in [0.05, 0.1) is 0 Å². The molecule has 2 saturated heterocycles. The molecule has 0 aliphatic carbocycles. The quantitative estimate of drug-likeness (QED) is 0.902. The monoisotopic (exact) mass is 343 g/mol. The van der Waals surface area contributed by atoms with Crippen LogP contribution in [0.1, 0.15) is 30.4 Å². The van der Waals surface area contributed by atoms with E-state index in [1.165, 1.54) is 11.1 Å². The number of nitrogens with zero attached hydrogens (tertiary/aromatic N) is 2. The van der Waals surface area contributed by atoms with Gasteiger partial charge in [-0.15, -0.1) is 0 Å². The lowest BCUT2D eigenvalue weighted by molar-refractivity contribution is -0.127. The summed E-state index contributed by atoms with van der Waals surface area (Å²) in [7, 11) is 0. The van der Waals surface area contributed by atoms with E-state index in [1.54, 1.807) is 0 Å². The first-order valence-corrected chi connectivity index (χ1v) is 9.79. The van der Waals surface area contributed by atoms with Crippen molar-refractivity contribution < 1.29 is 9.53 Å². The predicted octanol–water partition coefficient (Wildman–Crippen LogP) is 1.59. The van der Waals surface area contributed by atoms with Crippen LogP contribution < -0.4 is 10.2 Å². The van der Waals surface area contributed by atoms with Crippen LogP contribution >= 0.6 is 0 Å². The Bertz CT molecular complexity index is 607. The SMILES string of the molecule is O=C(C1CCCO1)N1CCCc2cc(CCN3CCNCC3)ccc21. The number of fused-ring (bicyclic) bond motifs is 1. The number of hydrogen-bond acceptors (Lipinski definition) is 4. The van der Waals surface area contributed by atoms with Gasteiger partial charge in [-0.25, -0.2) is 0 Å². The van der Waals surface area contributed by atoms with Gasteiger partial charge in [-0.2, -0.15) is 0 Å². The highest BCUT2D eigenvalue weighted by Crippen LogP contribution is 2.30. The second kappa shape index (κ2) is 7.85. The number of ether oxygens (including phenoxy) is 1. The van der Waals surface area contributed by atoms with Crippen molar-refractivity contribution in [1.82, 2.24) is 10.2 Å². The highest BCUT2D eigenvalue weighted by Gasteiger charge is 2.31. The van der Waals surface area contributed by atoms with Crippen LogP contribution in [0.3, 0.4) is 0 Å². The van der Waals surface area contributed by atoms with Gasteiger partial charge in [-0.1, -0.05) is 12.1 Å². The zero-order valence-corrected chi connectivity index (χ0v) is 15.0. The summed E-state index contributed by atoms with van der Waals surface area (Å²) in [4.78, 5) is 17.3. The van der Waals surface area contributed by atoms with Gasteiger partial charge in [0, 0.05) is 51.6 Å². The number of piperazine rings is 1. The Hall–Kier alpha value is -1.43. The topological polar surface area (TPSA) is 44.8 Å². The van der Waals surface area contributed by atoms with Crippen LogP contribution in [-0.2, 0) is 22.4 Å². The van der Waals surface area contributed by atoms with Crippen LogP contribution in [0.25, 0.3) is 0 Å². The first-order valence-electron chi connectivity index (χ1n) is 9.79. The van der Waals surface area contributed by atoms with E-state index in [2.05, 4.69) is 28.4 Å². The molecular weight excluding hydrogens is 314 g/mol. The second-order valence-electron chi connectivity index (χ2n) is 7.40. The van der Waals surface area contributed by atoms with Crippen molar-refractivity contribution in [3.05, 3.63) is 29.3 Å². The minimum Gasteiger partial charge on any atom is -0.368 e. The lowest BCUT2D eigenvalue weighted by atomic mass is 9.97. The number of carbonyl (C=O) groups excluding carboxylic acids is 1. The van der Waals surface area contributed by atoms with Gasteiger partial charge >= 0.3 is 0 Å². The van der Waals surface area contributed by atoms with Crippen molar-refractivity contribution in [3.63, 3.8) is 0 Å². The molecule has 1 atom stereocenters. The van der Waals surface area contributed by atoms with E-state index in [0.717, 1.165) is 83.7 Å². The molecule has 3 aliphatic rings. The van der Waals surface area contributed by atoms with E-state index in [9.17, 15) is 4.79 Å². The van der Waals surface area contributed by atoms with E-state index < -0.39 is 0 Å². The van der Waals surface area contributed by atoms with Crippen LogP contribution in [0, 0.1) is 0 Å². The number of carbonyl (C=O) groups is 1. The van der Waals surface area contributed by atoms with Gasteiger partial charge in [0.15, 0.2) is 0 Å². The molecule has 0 spiro atoms. The maximum atomic E-state index is 12.8. The molecule has 1 N–H and O–H groups in total. The van der Waals surface area contributed by atoms with Crippen molar-refractivity contribution in [2.24, 2.45) is 0 Å². The summed E-state index contributed by atoms with van der Waals surface area (Å²) in [6, 6.07) is 6.70. The van der Waals surface area contributed by atoms with Crippen molar-refractivity contribution in [2.45, 2.75) is 38.2 Å². The minimum absolute atomic E-state index is 0.159. The van der Waals surface area contributed by atoms with Gasteiger partial charge < -0.3 is 19.9 Å². The summed E-state index contributed by atoms with van der Waals surface area (Å²) in [5, 5.41) is 3.40. The molecule has 4 rings (SSSR count). The fourth-order valence-corrected chi connectivity index (χ4v) is 4.20. The fourth-order valence-electron chi connectivity index (χ4n) is 4.20. The minimum atomic E-state index is -0.224. The first-order chi connectivity index (χ1) is 12.3. The molecule has 0 aromatic heterocycles. The molecule has 25 heavy (non-hydrogen) atoms. The Balaban J connectivity index is 1.43. The summed E-state index contributed by atoms with van der Waals surface area (Å²) in [5.41, 5.74) is 3.83. The zero-order chi connectivity index (χ0) is 17.1. The van der Waals surface area contributed by atoms with Crippen LogP contribution in [0.15, 0.2) is 18.2 Å². The normalized spacial score (nSPS) is 24.3. The molecule has 1 aromatic rings. The van der Waals surface area contributed by atoms with Crippen molar-refractivity contribution >= 4 is 11.6 Å². The molecule has 3 aliphatic heterocycles. The average Bonchev–Trinajstić information content (AvgIpc) is 3.21. The van der Waals surface area contributed by atoms with Gasteiger partial charge in [0.25, 0.3) is 5.91 Å². The molecule has 0 radical (unpaired) electrons. The summed E-state index contributed by atoms with van der Waals surface area (Å²) < 4.78 is 5.61. The number of nitrogens with one attached hydrogen (secondary N) is 1. The fraction of sp³-hybridized carbons (Fsp3) is 0.650. The smallest absolute Gasteiger partial charge is 0.256 e. The lowest BCUT2D eigenvalue weighted by Gasteiger charge is -2.32. The Labute approximate surface area is 150 Å².